The maximum absolute atomic E-state index is 14.4. The van der Waals surface area contributed by atoms with Crippen molar-refractivity contribution in [1.82, 2.24) is 5.43 Å². The van der Waals surface area contributed by atoms with Crippen LogP contribution in [0.3, 0.4) is 0 Å². The van der Waals surface area contributed by atoms with E-state index in [0.29, 0.717) is 22.0 Å². The SMILES string of the molecule is COc1cccc(C(=O)N/N=C\C23c4ccccc4C(c4ccccc42)[C@H]2C(=O)N(c4ccc(C)c(Cl)c4)C(=O)[C@@H]23)c1. The molecule has 2 bridgehead atoms. The van der Waals surface area contributed by atoms with E-state index in [4.69, 9.17) is 16.3 Å². The van der Waals surface area contributed by atoms with Crippen molar-refractivity contribution in [3.8, 4) is 5.75 Å². The molecule has 7 nitrogen and oxygen atoms in total. The third-order valence-electron chi connectivity index (χ3n) is 8.86. The van der Waals surface area contributed by atoms with E-state index in [0.717, 1.165) is 27.8 Å². The number of carbonyl (C=O) groups excluding carboxylic acids is 3. The van der Waals surface area contributed by atoms with E-state index in [2.05, 4.69) is 10.5 Å². The Morgan fingerprint density at radius 1 is 0.929 bits per heavy atom. The first-order valence-corrected chi connectivity index (χ1v) is 14.1. The van der Waals surface area contributed by atoms with Crippen LogP contribution in [-0.2, 0) is 15.0 Å². The summed E-state index contributed by atoms with van der Waals surface area (Å²) in [6.45, 7) is 1.87. The minimum atomic E-state index is -1.09. The number of aryl methyl sites for hydroxylation is 1. The monoisotopic (exact) mass is 575 g/mol. The Labute approximate surface area is 247 Å². The van der Waals surface area contributed by atoms with Gasteiger partial charge in [-0.15, -0.1) is 0 Å². The smallest absolute Gasteiger partial charge is 0.271 e. The number of hydrazone groups is 1. The van der Waals surface area contributed by atoms with Crippen molar-refractivity contribution in [3.63, 3.8) is 0 Å². The van der Waals surface area contributed by atoms with Crippen LogP contribution >= 0.6 is 11.6 Å². The molecular weight excluding hydrogens is 550 g/mol. The topological polar surface area (TPSA) is 88.1 Å². The van der Waals surface area contributed by atoms with Crippen LogP contribution < -0.4 is 15.1 Å². The highest BCUT2D eigenvalue weighted by Crippen LogP contribution is 2.63. The zero-order chi connectivity index (χ0) is 29.2. The van der Waals surface area contributed by atoms with Gasteiger partial charge in [0.15, 0.2) is 0 Å². The first-order chi connectivity index (χ1) is 20.4. The number of rotatable bonds is 5. The van der Waals surface area contributed by atoms with Gasteiger partial charge in [-0.1, -0.05) is 72.3 Å². The third-order valence-corrected chi connectivity index (χ3v) is 9.27. The molecular formula is C34H26ClN3O4. The van der Waals surface area contributed by atoms with Crippen molar-refractivity contribution in [2.75, 3.05) is 12.0 Å². The second kappa shape index (κ2) is 9.67. The van der Waals surface area contributed by atoms with Gasteiger partial charge in [0, 0.05) is 22.7 Å². The third kappa shape index (κ3) is 3.59. The molecule has 208 valence electrons. The molecule has 0 aromatic heterocycles. The number of nitrogens with zero attached hydrogens (tertiary/aromatic N) is 2. The van der Waals surface area contributed by atoms with Crippen LogP contribution in [0.25, 0.3) is 0 Å². The molecule has 2 atom stereocenters. The van der Waals surface area contributed by atoms with Crippen molar-refractivity contribution in [2.24, 2.45) is 16.9 Å². The molecule has 8 heteroatoms. The number of hydrogen-bond donors (Lipinski definition) is 1. The average Bonchev–Trinajstić information content (AvgIpc) is 3.29. The van der Waals surface area contributed by atoms with E-state index in [1.54, 1.807) is 42.6 Å². The van der Waals surface area contributed by atoms with Gasteiger partial charge in [0.2, 0.25) is 11.8 Å². The van der Waals surface area contributed by atoms with Crippen LogP contribution in [0.1, 0.15) is 44.1 Å². The molecule has 3 amide bonds. The maximum atomic E-state index is 14.4. The minimum absolute atomic E-state index is 0.267. The number of imide groups is 1. The Kier molecular flexibility index (Phi) is 6.02. The Morgan fingerprint density at radius 2 is 1.62 bits per heavy atom. The molecule has 8 rings (SSSR count). The lowest BCUT2D eigenvalue weighted by Gasteiger charge is -2.52. The number of halogens is 1. The predicted molar refractivity (Wildman–Crippen MR) is 160 cm³/mol. The van der Waals surface area contributed by atoms with Crippen LogP contribution in [0, 0.1) is 18.8 Å². The summed E-state index contributed by atoms with van der Waals surface area (Å²) in [5.74, 6) is -2.17. The van der Waals surface area contributed by atoms with Crippen molar-refractivity contribution in [3.05, 3.63) is 129 Å². The number of anilines is 1. The fraction of sp³-hybridized carbons (Fsp3) is 0.176. The number of ether oxygens (including phenoxy) is 1. The van der Waals surface area contributed by atoms with Gasteiger partial charge in [-0.3, -0.25) is 14.4 Å². The number of methoxy groups -OCH3 is 1. The van der Waals surface area contributed by atoms with Gasteiger partial charge in [0.25, 0.3) is 5.91 Å². The number of benzene rings is 4. The molecule has 0 spiro atoms. The van der Waals surface area contributed by atoms with Crippen LogP contribution in [-0.4, -0.2) is 31.0 Å². The van der Waals surface area contributed by atoms with Gasteiger partial charge in [0.1, 0.15) is 5.75 Å². The second-order valence-electron chi connectivity index (χ2n) is 10.9. The number of hydrogen-bond acceptors (Lipinski definition) is 5. The van der Waals surface area contributed by atoms with E-state index in [9.17, 15) is 14.4 Å². The fourth-order valence-electron chi connectivity index (χ4n) is 7.05. The molecule has 1 saturated heterocycles. The highest BCUT2D eigenvalue weighted by Gasteiger charge is 2.68. The first-order valence-electron chi connectivity index (χ1n) is 13.7. The van der Waals surface area contributed by atoms with Crippen molar-refractivity contribution in [2.45, 2.75) is 18.3 Å². The van der Waals surface area contributed by atoms with Gasteiger partial charge in [-0.05, 0) is 65.1 Å². The Bertz CT molecular complexity index is 1790. The lowest BCUT2D eigenvalue weighted by atomic mass is 9.47. The largest absolute Gasteiger partial charge is 0.497 e. The zero-order valence-corrected chi connectivity index (χ0v) is 23.6. The molecule has 1 fully saturated rings. The van der Waals surface area contributed by atoms with Gasteiger partial charge in [-0.25, -0.2) is 10.3 Å². The zero-order valence-electron chi connectivity index (χ0n) is 22.9. The molecule has 0 unspecified atom stereocenters. The fourth-order valence-corrected chi connectivity index (χ4v) is 7.22. The maximum Gasteiger partial charge on any atom is 0.271 e. The Morgan fingerprint density at radius 3 is 2.29 bits per heavy atom. The normalized spacial score (nSPS) is 23.5. The highest BCUT2D eigenvalue weighted by molar-refractivity contribution is 6.32. The van der Waals surface area contributed by atoms with Crippen molar-refractivity contribution >= 4 is 41.2 Å². The quantitative estimate of drug-likeness (QED) is 0.190. The molecule has 0 saturated carbocycles. The minimum Gasteiger partial charge on any atom is -0.497 e. The summed E-state index contributed by atoms with van der Waals surface area (Å²) in [6, 6.07) is 27.8. The van der Waals surface area contributed by atoms with E-state index >= 15 is 0 Å². The number of amides is 3. The highest BCUT2D eigenvalue weighted by atomic mass is 35.5. The Hall–Kier alpha value is -4.75. The predicted octanol–water partition coefficient (Wildman–Crippen LogP) is 5.62. The summed E-state index contributed by atoms with van der Waals surface area (Å²) < 4.78 is 5.25. The summed E-state index contributed by atoms with van der Waals surface area (Å²) in [4.78, 5) is 43.1. The summed E-state index contributed by atoms with van der Waals surface area (Å²) in [6.07, 6.45) is 1.65. The van der Waals surface area contributed by atoms with Gasteiger partial charge in [0.05, 0.1) is 30.0 Å². The van der Waals surface area contributed by atoms with Crippen molar-refractivity contribution < 1.29 is 19.1 Å². The number of carbonyl (C=O) groups is 3. The van der Waals surface area contributed by atoms with E-state index in [1.165, 1.54) is 12.0 Å². The van der Waals surface area contributed by atoms with Crippen LogP contribution in [0.5, 0.6) is 5.75 Å². The molecule has 4 aromatic rings. The van der Waals surface area contributed by atoms with E-state index in [-0.39, 0.29) is 17.7 Å². The second-order valence-corrected chi connectivity index (χ2v) is 11.3. The molecule has 3 aliphatic carbocycles. The molecule has 1 aliphatic heterocycles. The van der Waals surface area contributed by atoms with Crippen LogP contribution in [0.4, 0.5) is 5.69 Å². The standard InChI is InChI=1S/C34H26ClN3O4/c1-19-14-15-21(17-27(19)35)38-32(40)29-28-23-10-3-5-12-25(23)34(30(29)33(38)41,26-13-6-4-11-24(26)28)18-36-37-31(39)20-8-7-9-22(16-20)42-2/h3-18,28-30H,1-2H3,(H,37,39)/b36-18-/t28?,29-,30-,34?/m1/s1. The molecule has 1 N–H and O–H groups in total. The van der Waals surface area contributed by atoms with E-state index in [1.807, 2.05) is 61.5 Å². The summed E-state index contributed by atoms with van der Waals surface area (Å²) in [5, 5.41) is 4.95. The molecule has 1 heterocycles. The lowest BCUT2D eigenvalue weighted by Crippen LogP contribution is -2.54. The van der Waals surface area contributed by atoms with E-state index < -0.39 is 23.2 Å². The molecule has 42 heavy (non-hydrogen) atoms. The van der Waals surface area contributed by atoms with Crippen LogP contribution in [0.15, 0.2) is 96.1 Å². The lowest BCUT2D eigenvalue weighted by molar-refractivity contribution is -0.122. The van der Waals surface area contributed by atoms with Gasteiger partial charge >= 0.3 is 0 Å². The van der Waals surface area contributed by atoms with Crippen LogP contribution in [0.2, 0.25) is 5.02 Å². The summed E-state index contributed by atoms with van der Waals surface area (Å²) in [5.41, 5.74) is 6.99. The molecule has 0 radical (unpaired) electrons. The van der Waals surface area contributed by atoms with Gasteiger partial charge < -0.3 is 4.74 Å². The first kappa shape index (κ1) is 26.2. The number of nitrogens with one attached hydrogen (secondary N) is 1. The average molecular weight is 576 g/mol. The van der Waals surface area contributed by atoms with Crippen molar-refractivity contribution in [1.29, 1.82) is 0 Å². The Balaban J connectivity index is 1.38. The van der Waals surface area contributed by atoms with Gasteiger partial charge in [-0.2, -0.15) is 5.10 Å². The summed E-state index contributed by atoms with van der Waals surface area (Å²) in [7, 11) is 1.53. The molecule has 4 aliphatic rings. The molecule has 4 aromatic carbocycles. The summed E-state index contributed by atoms with van der Waals surface area (Å²) >= 11 is 6.43.